The van der Waals surface area contributed by atoms with Gasteiger partial charge in [0.05, 0.1) is 5.75 Å². The number of hydrogen-bond acceptors (Lipinski definition) is 6. The van der Waals surface area contributed by atoms with Crippen LogP contribution in [-0.2, 0) is 15.6 Å². The van der Waals surface area contributed by atoms with E-state index in [-0.39, 0.29) is 10.1 Å². The fourth-order valence-electron chi connectivity index (χ4n) is 2.25. The summed E-state index contributed by atoms with van der Waals surface area (Å²) in [5, 5.41) is 11.2. The topological polar surface area (TPSA) is 72.0 Å². The van der Waals surface area contributed by atoms with Crippen LogP contribution in [0.1, 0.15) is 29.2 Å². The summed E-state index contributed by atoms with van der Waals surface area (Å²) in [6.07, 6.45) is 0. The number of sulfone groups is 1. The van der Waals surface area contributed by atoms with E-state index in [1.807, 2.05) is 39.8 Å². The Morgan fingerprint density at radius 2 is 1.76 bits per heavy atom. The maximum atomic E-state index is 12.5. The zero-order valence-electron chi connectivity index (χ0n) is 12.6. The lowest BCUT2D eigenvalue weighted by molar-refractivity contribution is 0.593. The highest BCUT2D eigenvalue weighted by Crippen LogP contribution is 2.26. The summed E-state index contributed by atoms with van der Waals surface area (Å²) in [5.74, 6) is -0.0360. The van der Waals surface area contributed by atoms with Crippen molar-refractivity contribution in [3.05, 3.63) is 34.4 Å². The van der Waals surface area contributed by atoms with Crippen molar-refractivity contribution >= 4 is 26.3 Å². The second-order valence-corrected chi connectivity index (χ2v) is 8.18. The minimum Gasteiger partial charge on any atom is -0.360 e. The van der Waals surface area contributed by atoms with Crippen molar-refractivity contribution in [1.29, 1.82) is 0 Å². The van der Waals surface area contributed by atoms with Crippen LogP contribution in [-0.4, -0.2) is 25.2 Å². The van der Waals surface area contributed by atoms with Crippen molar-refractivity contribution in [3.8, 4) is 0 Å². The molecule has 0 amide bonds. The first kappa shape index (κ1) is 15.9. The van der Waals surface area contributed by atoms with Crippen LogP contribution in [0.5, 0.6) is 0 Å². The third-order valence-electron chi connectivity index (χ3n) is 3.18. The molecule has 0 aliphatic carbocycles. The summed E-state index contributed by atoms with van der Waals surface area (Å²) in [4.78, 5) is 0. The third kappa shape index (κ3) is 3.59. The molecule has 5 nitrogen and oxygen atoms in total. The fraction of sp³-hybridized carbons (Fsp3) is 0.429. The molecule has 2 rings (SSSR count). The van der Waals surface area contributed by atoms with Crippen molar-refractivity contribution in [2.24, 2.45) is 0 Å². The number of nitrogens with zero attached hydrogens (tertiary/aromatic N) is 2. The normalized spacial score (nSPS) is 11.6. The summed E-state index contributed by atoms with van der Waals surface area (Å²) in [6, 6.07) is 4.00. The van der Waals surface area contributed by atoms with Gasteiger partial charge in [-0.15, -0.1) is 10.2 Å². The maximum Gasteiger partial charge on any atom is 0.234 e. The maximum absolute atomic E-state index is 12.5. The van der Waals surface area contributed by atoms with Crippen molar-refractivity contribution in [3.63, 3.8) is 0 Å². The van der Waals surface area contributed by atoms with Crippen molar-refractivity contribution in [1.82, 2.24) is 10.2 Å². The van der Waals surface area contributed by atoms with Crippen LogP contribution in [0.25, 0.3) is 0 Å². The first-order valence-electron chi connectivity index (χ1n) is 6.70. The largest absolute Gasteiger partial charge is 0.360 e. The highest BCUT2D eigenvalue weighted by atomic mass is 32.2. The smallest absolute Gasteiger partial charge is 0.234 e. The molecule has 1 heterocycles. The van der Waals surface area contributed by atoms with Crippen LogP contribution in [0, 0.1) is 20.8 Å². The van der Waals surface area contributed by atoms with E-state index < -0.39 is 9.84 Å². The van der Waals surface area contributed by atoms with E-state index in [1.165, 1.54) is 0 Å². The number of aryl methyl sites for hydroxylation is 3. The molecule has 0 spiro atoms. The van der Waals surface area contributed by atoms with E-state index >= 15 is 0 Å². The van der Waals surface area contributed by atoms with E-state index in [2.05, 4.69) is 15.5 Å². The zero-order valence-corrected chi connectivity index (χ0v) is 14.2. The SMILES string of the molecule is CCNc1nnc(S(=O)(=O)Cc2c(C)cc(C)cc2C)s1. The van der Waals surface area contributed by atoms with Gasteiger partial charge in [-0.05, 0) is 44.4 Å². The minimum atomic E-state index is -3.46. The standard InChI is InChI=1S/C14H19N3O2S2/c1-5-15-13-16-17-14(20-13)21(18,19)8-12-10(3)6-9(2)7-11(12)4/h6-7H,5,8H2,1-4H3,(H,15,16). The average Bonchev–Trinajstić information content (AvgIpc) is 2.84. The number of nitrogens with one attached hydrogen (secondary N) is 1. The molecule has 7 heteroatoms. The highest BCUT2D eigenvalue weighted by molar-refractivity contribution is 7.92. The molecule has 21 heavy (non-hydrogen) atoms. The van der Waals surface area contributed by atoms with Crippen LogP contribution >= 0.6 is 11.3 Å². The molecule has 0 saturated carbocycles. The van der Waals surface area contributed by atoms with E-state index in [0.717, 1.165) is 33.6 Å². The van der Waals surface area contributed by atoms with Gasteiger partial charge in [-0.1, -0.05) is 29.0 Å². The summed E-state index contributed by atoms with van der Waals surface area (Å²) < 4.78 is 25.0. The van der Waals surface area contributed by atoms with E-state index in [9.17, 15) is 8.42 Å². The molecule has 0 unspecified atom stereocenters. The lowest BCUT2D eigenvalue weighted by atomic mass is 10.0. The average molecular weight is 325 g/mol. The van der Waals surface area contributed by atoms with Gasteiger partial charge in [0, 0.05) is 6.54 Å². The van der Waals surface area contributed by atoms with Gasteiger partial charge in [-0.2, -0.15) is 0 Å². The molecule has 0 bridgehead atoms. The Hall–Kier alpha value is -1.47. The van der Waals surface area contributed by atoms with Crippen LogP contribution in [0.2, 0.25) is 0 Å². The predicted molar refractivity (Wildman–Crippen MR) is 85.6 cm³/mol. The first-order chi connectivity index (χ1) is 9.83. The second kappa shape index (κ2) is 6.11. The van der Waals surface area contributed by atoms with Crippen LogP contribution in [0.15, 0.2) is 16.5 Å². The van der Waals surface area contributed by atoms with Crippen LogP contribution < -0.4 is 5.32 Å². The molecular formula is C14H19N3O2S2. The van der Waals surface area contributed by atoms with Gasteiger partial charge in [0.25, 0.3) is 0 Å². The Morgan fingerprint density at radius 3 is 2.33 bits per heavy atom. The Labute approximate surface area is 129 Å². The van der Waals surface area contributed by atoms with Gasteiger partial charge in [0.1, 0.15) is 0 Å². The summed E-state index contributed by atoms with van der Waals surface area (Å²) in [6.45, 7) is 8.50. The van der Waals surface area contributed by atoms with Gasteiger partial charge in [0.2, 0.25) is 19.3 Å². The van der Waals surface area contributed by atoms with Gasteiger partial charge >= 0.3 is 0 Å². The van der Waals surface area contributed by atoms with Crippen molar-refractivity contribution in [2.75, 3.05) is 11.9 Å². The van der Waals surface area contributed by atoms with E-state index in [0.29, 0.717) is 11.7 Å². The van der Waals surface area contributed by atoms with Crippen molar-refractivity contribution < 1.29 is 8.42 Å². The molecule has 1 aromatic heterocycles. The Morgan fingerprint density at radius 1 is 1.14 bits per heavy atom. The molecule has 114 valence electrons. The molecular weight excluding hydrogens is 306 g/mol. The Kier molecular flexibility index (Phi) is 4.63. The molecule has 0 radical (unpaired) electrons. The highest BCUT2D eigenvalue weighted by Gasteiger charge is 2.22. The number of anilines is 1. The lowest BCUT2D eigenvalue weighted by Gasteiger charge is -2.10. The van der Waals surface area contributed by atoms with Gasteiger partial charge < -0.3 is 5.32 Å². The third-order valence-corrected chi connectivity index (χ3v) is 6.15. The number of hydrogen-bond donors (Lipinski definition) is 1. The van der Waals surface area contributed by atoms with Gasteiger partial charge in [-0.3, -0.25) is 0 Å². The number of rotatable bonds is 5. The molecule has 0 aliphatic heterocycles. The molecule has 0 atom stereocenters. The number of benzene rings is 1. The minimum absolute atomic E-state index is 0.0360. The Balaban J connectivity index is 2.33. The summed E-state index contributed by atoms with van der Waals surface area (Å²) in [7, 11) is -3.46. The van der Waals surface area contributed by atoms with E-state index in [1.54, 1.807) is 0 Å². The first-order valence-corrected chi connectivity index (χ1v) is 9.17. The molecule has 1 aromatic carbocycles. The Bertz CT molecular complexity index is 728. The summed E-state index contributed by atoms with van der Waals surface area (Å²) in [5.41, 5.74) is 3.97. The zero-order chi connectivity index (χ0) is 15.6. The molecule has 0 aliphatic rings. The van der Waals surface area contributed by atoms with Crippen LogP contribution in [0.3, 0.4) is 0 Å². The van der Waals surface area contributed by atoms with Gasteiger partial charge in [-0.25, -0.2) is 8.42 Å². The lowest BCUT2D eigenvalue weighted by Crippen LogP contribution is -2.07. The van der Waals surface area contributed by atoms with E-state index in [4.69, 9.17) is 0 Å². The van der Waals surface area contributed by atoms with Crippen molar-refractivity contribution in [2.45, 2.75) is 37.8 Å². The second-order valence-electron chi connectivity index (χ2n) is 5.04. The quantitative estimate of drug-likeness (QED) is 0.915. The summed E-state index contributed by atoms with van der Waals surface area (Å²) >= 11 is 1.08. The molecule has 0 fully saturated rings. The number of aromatic nitrogens is 2. The molecule has 2 aromatic rings. The van der Waals surface area contributed by atoms with Crippen LogP contribution in [0.4, 0.5) is 5.13 Å². The van der Waals surface area contributed by atoms with Gasteiger partial charge in [0.15, 0.2) is 0 Å². The fourth-order valence-corrected chi connectivity index (χ4v) is 4.84. The monoisotopic (exact) mass is 325 g/mol. The molecule has 0 saturated heterocycles. The molecule has 1 N–H and O–H groups in total. The predicted octanol–water partition coefficient (Wildman–Crippen LogP) is 2.87.